The smallest absolute Gasteiger partial charge is 0.387 e. The third-order valence-corrected chi connectivity index (χ3v) is 6.19. The van der Waals surface area contributed by atoms with E-state index in [2.05, 4.69) is 23.6 Å². The van der Waals surface area contributed by atoms with Crippen LogP contribution >= 0.6 is 11.3 Å². The summed E-state index contributed by atoms with van der Waals surface area (Å²) >= 11 is 1.38. The minimum Gasteiger partial charge on any atom is -0.435 e. The highest BCUT2D eigenvalue weighted by Gasteiger charge is 2.34. The molecular formula is C24H24F2N4O2S. The van der Waals surface area contributed by atoms with Crippen LogP contribution in [0.25, 0.3) is 11.3 Å². The Labute approximate surface area is 194 Å². The van der Waals surface area contributed by atoms with E-state index in [0.717, 1.165) is 23.2 Å². The van der Waals surface area contributed by atoms with Crippen LogP contribution in [0.5, 0.6) is 5.75 Å². The summed E-state index contributed by atoms with van der Waals surface area (Å²) in [6.45, 7) is 1.99. The Bertz CT molecular complexity index is 1250. The van der Waals surface area contributed by atoms with Crippen LogP contribution in [0.15, 0.2) is 64.0 Å². The van der Waals surface area contributed by atoms with E-state index in [0.29, 0.717) is 28.7 Å². The second-order valence-corrected chi connectivity index (χ2v) is 8.78. The summed E-state index contributed by atoms with van der Waals surface area (Å²) in [4.78, 5) is 20.0. The SMILES string of the molecule is CN=c1scc(-c2ccc(OC(F)F)cc2)n1/N=C1\C(=O)N(CCC(C)C)c2ccccc21. The number of halogens is 2. The lowest BCUT2D eigenvalue weighted by Gasteiger charge is -2.17. The van der Waals surface area contributed by atoms with Crippen molar-refractivity contribution in [3.8, 4) is 17.0 Å². The van der Waals surface area contributed by atoms with Crippen LogP contribution in [-0.2, 0) is 4.79 Å². The van der Waals surface area contributed by atoms with Crippen molar-refractivity contribution in [2.45, 2.75) is 26.9 Å². The highest BCUT2D eigenvalue weighted by atomic mass is 32.1. The molecule has 172 valence electrons. The summed E-state index contributed by atoms with van der Waals surface area (Å²) in [6, 6.07) is 13.9. The lowest BCUT2D eigenvalue weighted by Crippen LogP contribution is -2.32. The zero-order valence-corrected chi connectivity index (χ0v) is 19.4. The third-order valence-electron chi connectivity index (χ3n) is 5.28. The highest BCUT2D eigenvalue weighted by Crippen LogP contribution is 2.31. The maximum Gasteiger partial charge on any atom is 0.387 e. The monoisotopic (exact) mass is 470 g/mol. The van der Waals surface area contributed by atoms with E-state index in [1.54, 1.807) is 28.8 Å². The van der Waals surface area contributed by atoms with Crippen LogP contribution in [0.4, 0.5) is 14.5 Å². The number of hydrogen-bond acceptors (Lipinski definition) is 5. The van der Waals surface area contributed by atoms with Crippen molar-refractivity contribution in [1.29, 1.82) is 0 Å². The van der Waals surface area contributed by atoms with Gasteiger partial charge in [-0.25, -0.2) is 4.68 Å². The molecule has 0 atom stereocenters. The van der Waals surface area contributed by atoms with Crippen molar-refractivity contribution in [3.05, 3.63) is 64.3 Å². The molecule has 1 aliphatic heterocycles. The summed E-state index contributed by atoms with van der Waals surface area (Å²) in [5.41, 5.74) is 3.41. The number of nitrogens with zero attached hydrogens (tertiary/aromatic N) is 4. The number of rotatable bonds is 7. The van der Waals surface area contributed by atoms with E-state index >= 15 is 0 Å². The number of benzene rings is 2. The quantitative estimate of drug-likeness (QED) is 0.488. The fourth-order valence-corrected chi connectivity index (χ4v) is 4.42. The maximum atomic E-state index is 13.4. The molecule has 0 fully saturated rings. The summed E-state index contributed by atoms with van der Waals surface area (Å²) in [5.74, 6) is 0.387. The molecule has 33 heavy (non-hydrogen) atoms. The Kier molecular flexibility index (Phi) is 6.69. The second kappa shape index (κ2) is 9.66. The summed E-state index contributed by atoms with van der Waals surface area (Å²) < 4.78 is 31.0. The first kappa shape index (κ1) is 22.8. The average molecular weight is 471 g/mol. The van der Waals surface area contributed by atoms with Gasteiger partial charge in [0.25, 0.3) is 5.91 Å². The van der Waals surface area contributed by atoms with Gasteiger partial charge in [-0.05, 0) is 42.7 Å². The van der Waals surface area contributed by atoms with E-state index in [-0.39, 0.29) is 11.7 Å². The van der Waals surface area contributed by atoms with Crippen LogP contribution in [0.1, 0.15) is 25.8 Å². The van der Waals surface area contributed by atoms with Gasteiger partial charge in [0.2, 0.25) is 4.80 Å². The van der Waals surface area contributed by atoms with Gasteiger partial charge in [0.15, 0.2) is 5.71 Å². The van der Waals surface area contributed by atoms with Crippen molar-refractivity contribution in [2.75, 3.05) is 18.5 Å². The first-order valence-corrected chi connectivity index (χ1v) is 11.5. The van der Waals surface area contributed by atoms with Crippen LogP contribution in [0.3, 0.4) is 0 Å². The third kappa shape index (κ3) is 4.73. The summed E-state index contributed by atoms with van der Waals surface area (Å²) in [5, 5.41) is 6.62. The van der Waals surface area contributed by atoms with Crippen molar-refractivity contribution in [2.24, 2.45) is 16.0 Å². The molecule has 1 aliphatic rings. The molecule has 6 nitrogen and oxygen atoms in total. The molecule has 0 bridgehead atoms. The van der Waals surface area contributed by atoms with Crippen LogP contribution in [0.2, 0.25) is 0 Å². The molecule has 0 unspecified atom stereocenters. The van der Waals surface area contributed by atoms with Gasteiger partial charge in [0.05, 0.1) is 11.4 Å². The van der Waals surface area contributed by atoms with E-state index in [1.165, 1.54) is 23.5 Å². The van der Waals surface area contributed by atoms with E-state index in [9.17, 15) is 13.6 Å². The number of carbonyl (C=O) groups excluding carboxylic acids is 1. The van der Waals surface area contributed by atoms with E-state index < -0.39 is 6.61 Å². The van der Waals surface area contributed by atoms with Crippen LogP contribution in [-0.4, -0.2) is 36.5 Å². The van der Waals surface area contributed by atoms with E-state index in [1.807, 2.05) is 29.6 Å². The number of thiazole rings is 1. The van der Waals surface area contributed by atoms with Crippen molar-refractivity contribution in [3.63, 3.8) is 0 Å². The van der Waals surface area contributed by atoms with Crippen molar-refractivity contribution >= 4 is 28.6 Å². The standard InChI is InChI=1S/C24H24F2N4O2S/c1-15(2)12-13-29-19-7-5-4-6-18(19)21(22(29)31)28-30-20(14-33-24(30)27-3)16-8-10-17(11-9-16)32-23(25)26/h4-11,14-15,23H,12-13H2,1-3H3/b27-24?,28-21-. The Balaban J connectivity index is 1.76. The number of carbonyl (C=O) groups is 1. The minimum absolute atomic E-state index is 0.0722. The predicted octanol–water partition coefficient (Wildman–Crippen LogP) is 4.99. The van der Waals surface area contributed by atoms with Crippen LogP contribution in [0, 0.1) is 5.92 Å². The summed E-state index contributed by atoms with van der Waals surface area (Å²) in [7, 11) is 1.66. The lowest BCUT2D eigenvalue weighted by atomic mass is 10.1. The Morgan fingerprint density at radius 1 is 1.09 bits per heavy atom. The molecule has 2 heterocycles. The predicted molar refractivity (Wildman–Crippen MR) is 126 cm³/mol. The highest BCUT2D eigenvalue weighted by molar-refractivity contribution is 7.07. The number of fused-ring (bicyclic) bond motifs is 1. The van der Waals surface area contributed by atoms with Gasteiger partial charge >= 0.3 is 6.61 Å². The number of anilines is 1. The summed E-state index contributed by atoms with van der Waals surface area (Å²) in [6.07, 6.45) is 0.882. The molecule has 3 aromatic rings. The molecule has 9 heteroatoms. The molecule has 2 aromatic carbocycles. The molecule has 0 saturated carbocycles. The number of alkyl halides is 2. The van der Waals surface area contributed by atoms with Gasteiger partial charge in [-0.1, -0.05) is 32.0 Å². The topological polar surface area (TPSA) is 59.2 Å². The fraction of sp³-hybridized carbons (Fsp3) is 0.292. The number of para-hydroxylation sites is 1. The van der Waals surface area contributed by atoms with Gasteiger partial charge in [-0.2, -0.15) is 13.9 Å². The van der Waals surface area contributed by atoms with E-state index in [4.69, 9.17) is 5.10 Å². The Hall–Kier alpha value is -3.33. The number of ether oxygens (including phenoxy) is 1. The number of hydrogen-bond donors (Lipinski definition) is 0. The molecule has 4 rings (SSSR count). The molecule has 0 saturated heterocycles. The maximum absolute atomic E-state index is 13.4. The van der Waals surface area contributed by atoms with Crippen LogP contribution < -0.4 is 14.4 Å². The molecule has 0 radical (unpaired) electrons. The minimum atomic E-state index is -2.88. The Morgan fingerprint density at radius 2 is 1.82 bits per heavy atom. The van der Waals surface area contributed by atoms with Crippen molar-refractivity contribution < 1.29 is 18.3 Å². The largest absolute Gasteiger partial charge is 0.435 e. The first-order chi connectivity index (χ1) is 15.9. The zero-order valence-electron chi connectivity index (χ0n) is 18.5. The molecule has 0 spiro atoms. The first-order valence-electron chi connectivity index (χ1n) is 10.6. The van der Waals surface area contributed by atoms with Crippen molar-refractivity contribution in [1.82, 2.24) is 4.68 Å². The molecule has 0 N–H and O–H groups in total. The fourth-order valence-electron chi connectivity index (χ4n) is 3.62. The van der Waals surface area contributed by atoms with Gasteiger partial charge in [0, 0.05) is 30.1 Å². The van der Waals surface area contributed by atoms with Gasteiger partial charge in [-0.15, -0.1) is 11.3 Å². The average Bonchev–Trinajstić information content (AvgIpc) is 3.31. The zero-order chi connectivity index (χ0) is 23.5. The number of amides is 1. The molecule has 0 aliphatic carbocycles. The van der Waals surface area contributed by atoms with Gasteiger partial charge in [0.1, 0.15) is 5.75 Å². The number of aromatic nitrogens is 1. The molecular weight excluding hydrogens is 446 g/mol. The normalized spacial score (nSPS) is 15.2. The second-order valence-electron chi connectivity index (χ2n) is 7.95. The molecule has 1 amide bonds. The van der Waals surface area contributed by atoms with Gasteiger partial charge in [-0.3, -0.25) is 9.79 Å². The Morgan fingerprint density at radius 3 is 2.48 bits per heavy atom. The lowest BCUT2D eigenvalue weighted by molar-refractivity contribution is -0.112. The molecule has 1 aromatic heterocycles. The van der Waals surface area contributed by atoms with Gasteiger partial charge < -0.3 is 9.64 Å².